The van der Waals surface area contributed by atoms with Crippen LogP contribution >= 0.6 is 0 Å². The zero-order valence-corrected chi connectivity index (χ0v) is 13.4. The fourth-order valence-corrected chi connectivity index (χ4v) is 3.33. The minimum atomic E-state index is -4.66. The van der Waals surface area contributed by atoms with Gasteiger partial charge in [0, 0.05) is 13.1 Å². The molecule has 1 aliphatic heterocycles. The number of nitrogens with zero attached hydrogens (tertiary/aromatic N) is 1. The number of likely N-dealkylation sites (tertiary alicyclic amines) is 1. The highest BCUT2D eigenvalue weighted by Gasteiger charge is 2.32. The molecule has 0 spiro atoms. The van der Waals surface area contributed by atoms with Crippen LogP contribution in [0.3, 0.4) is 0 Å². The second kappa shape index (κ2) is 7.08. The molecule has 0 radical (unpaired) electrons. The zero-order valence-electron chi connectivity index (χ0n) is 12.6. The van der Waals surface area contributed by atoms with Crippen LogP contribution in [0.5, 0.6) is 0 Å². The van der Waals surface area contributed by atoms with Crippen LogP contribution < -0.4 is 4.72 Å². The molecule has 0 aromatic heterocycles. The van der Waals surface area contributed by atoms with E-state index < -0.39 is 45.2 Å². The molecule has 0 aliphatic carbocycles. The van der Waals surface area contributed by atoms with Gasteiger partial charge >= 0.3 is 6.18 Å². The number of carbonyl (C=O) groups excluding carboxylic acids is 1. The number of sulfonamides is 1. The van der Waals surface area contributed by atoms with Gasteiger partial charge in [-0.1, -0.05) is 6.07 Å². The molecule has 134 valence electrons. The number of benzene rings is 1. The molecular weight excluding hydrogens is 349 g/mol. The number of piperidine rings is 1. The van der Waals surface area contributed by atoms with Crippen molar-refractivity contribution in [3.63, 3.8) is 0 Å². The molecule has 0 atom stereocenters. The third kappa shape index (κ3) is 4.68. The number of amides is 1. The lowest BCUT2D eigenvalue weighted by Crippen LogP contribution is -2.45. The van der Waals surface area contributed by atoms with Crippen LogP contribution in [0, 0.1) is 0 Å². The number of aliphatic hydroxyl groups is 1. The molecule has 1 aromatic rings. The van der Waals surface area contributed by atoms with Gasteiger partial charge in [-0.3, -0.25) is 4.79 Å². The number of hydrogen-bond acceptors (Lipinski definition) is 4. The van der Waals surface area contributed by atoms with Gasteiger partial charge in [0.25, 0.3) is 0 Å². The number of carbonyl (C=O) groups is 1. The molecule has 1 aliphatic rings. The van der Waals surface area contributed by atoms with Gasteiger partial charge in [-0.05, 0) is 31.0 Å². The SMILES string of the molecule is O=C(CNS(=O)(=O)c1cccc(C(F)(F)F)c1)N1CCC(O)CC1. The van der Waals surface area contributed by atoms with Crippen LogP contribution in [0.15, 0.2) is 29.2 Å². The molecule has 1 amide bonds. The fourth-order valence-electron chi connectivity index (χ4n) is 2.31. The number of nitrogens with one attached hydrogen (secondary N) is 1. The largest absolute Gasteiger partial charge is 0.416 e. The molecule has 0 bridgehead atoms. The lowest BCUT2D eigenvalue weighted by molar-refractivity contribution is -0.137. The fraction of sp³-hybridized carbons (Fsp3) is 0.500. The number of halogens is 3. The Morgan fingerprint density at radius 3 is 2.50 bits per heavy atom. The number of aliphatic hydroxyl groups excluding tert-OH is 1. The van der Waals surface area contributed by atoms with Crippen LogP contribution in [0.4, 0.5) is 13.2 Å². The van der Waals surface area contributed by atoms with E-state index in [1.165, 1.54) is 4.90 Å². The van der Waals surface area contributed by atoms with E-state index in [0.29, 0.717) is 32.0 Å². The minimum absolute atomic E-state index is 0.311. The maximum absolute atomic E-state index is 12.6. The third-order valence-electron chi connectivity index (χ3n) is 3.70. The van der Waals surface area contributed by atoms with Crippen molar-refractivity contribution >= 4 is 15.9 Å². The van der Waals surface area contributed by atoms with Crippen molar-refractivity contribution in [3.8, 4) is 0 Å². The maximum Gasteiger partial charge on any atom is 0.416 e. The normalized spacial score (nSPS) is 17.1. The Labute approximate surface area is 137 Å². The van der Waals surface area contributed by atoms with Crippen LogP contribution in [-0.2, 0) is 21.0 Å². The summed E-state index contributed by atoms with van der Waals surface area (Å²) in [5.41, 5.74) is -1.08. The van der Waals surface area contributed by atoms with E-state index in [4.69, 9.17) is 0 Å². The first-order valence-electron chi connectivity index (χ1n) is 7.22. The summed E-state index contributed by atoms with van der Waals surface area (Å²) in [4.78, 5) is 12.8. The number of alkyl halides is 3. The lowest BCUT2D eigenvalue weighted by Gasteiger charge is -2.29. The molecule has 24 heavy (non-hydrogen) atoms. The average molecular weight is 366 g/mol. The minimum Gasteiger partial charge on any atom is -0.393 e. The Bertz CT molecular complexity index is 698. The highest BCUT2D eigenvalue weighted by molar-refractivity contribution is 7.89. The van der Waals surface area contributed by atoms with Gasteiger partial charge in [0.2, 0.25) is 15.9 Å². The Morgan fingerprint density at radius 2 is 1.92 bits per heavy atom. The van der Waals surface area contributed by atoms with E-state index in [2.05, 4.69) is 0 Å². The highest BCUT2D eigenvalue weighted by Crippen LogP contribution is 2.30. The Balaban J connectivity index is 2.02. The van der Waals surface area contributed by atoms with Crippen molar-refractivity contribution in [2.75, 3.05) is 19.6 Å². The van der Waals surface area contributed by atoms with E-state index in [1.807, 2.05) is 4.72 Å². The first-order valence-corrected chi connectivity index (χ1v) is 8.71. The molecule has 1 saturated heterocycles. The standard InChI is InChI=1S/C14H17F3N2O4S/c15-14(16,17)10-2-1-3-12(8-10)24(22,23)18-9-13(21)19-6-4-11(20)5-7-19/h1-3,8,11,18,20H,4-7,9H2. The van der Waals surface area contributed by atoms with Crippen LogP contribution in [0.2, 0.25) is 0 Å². The predicted octanol–water partition coefficient (Wildman–Crippen LogP) is 0.967. The second-order valence-electron chi connectivity index (χ2n) is 5.46. The molecule has 10 heteroatoms. The lowest BCUT2D eigenvalue weighted by atomic mass is 10.1. The summed E-state index contributed by atoms with van der Waals surface area (Å²) in [5, 5.41) is 9.37. The van der Waals surface area contributed by atoms with Gasteiger partial charge in [0.05, 0.1) is 23.1 Å². The summed E-state index contributed by atoms with van der Waals surface area (Å²) < 4.78 is 64.1. The van der Waals surface area contributed by atoms with E-state index in [0.717, 1.165) is 18.2 Å². The molecule has 1 fully saturated rings. The number of rotatable bonds is 4. The third-order valence-corrected chi connectivity index (χ3v) is 5.10. The summed E-state index contributed by atoms with van der Waals surface area (Å²) in [7, 11) is -4.23. The smallest absolute Gasteiger partial charge is 0.393 e. The van der Waals surface area contributed by atoms with E-state index in [9.17, 15) is 31.5 Å². The van der Waals surface area contributed by atoms with Gasteiger partial charge in [0.15, 0.2) is 0 Å². The van der Waals surface area contributed by atoms with Gasteiger partial charge in [-0.25, -0.2) is 13.1 Å². The first kappa shape index (κ1) is 18.7. The number of hydrogen-bond donors (Lipinski definition) is 2. The van der Waals surface area contributed by atoms with Crippen LogP contribution in [0.1, 0.15) is 18.4 Å². The monoisotopic (exact) mass is 366 g/mol. The van der Waals surface area contributed by atoms with Gasteiger partial charge in [-0.2, -0.15) is 13.2 Å². The van der Waals surface area contributed by atoms with Crippen LogP contribution in [0.25, 0.3) is 0 Å². The molecule has 6 nitrogen and oxygen atoms in total. The predicted molar refractivity (Wildman–Crippen MR) is 78.5 cm³/mol. The van der Waals surface area contributed by atoms with Gasteiger partial charge < -0.3 is 10.0 Å². The van der Waals surface area contributed by atoms with E-state index in [1.54, 1.807) is 0 Å². The molecule has 0 saturated carbocycles. The quantitative estimate of drug-likeness (QED) is 0.831. The average Bonchev–Trinajstić information content (AvgIpc) is 2.53. The van der Waals surface area contributed by atoms with Crippen molar-refractivity contribution in [1.29, 1.82) is 0 Å². The molecular formula is C14H17F3N2O4S. The van der Waals surface area contributed by atoms with Crippen molar-refractivity contribution in [2.24, 2.45) is 0 Å². The topological polar surface area (TPSA) is 86.7 Å². The summed E-state index contributed by atoms with van der Waals surface area (Å²) in [6, 6.07) is 3.30. The van der Waals surface area contributed by atoms with Crippen molar-refractivity contribution in [3.05, 3.63) is 29.8 Å². The van der Waals surface area contributed by atoms with E-state index >= 15 is 0 Å². The Kier molecular flexibility index (Phi) is 5.51. The molecule has 0 unspecified atom stereocenters. The zero-order chi connectivity index (χ0) is 18.0. The Hall–Kier alpha value is -1.65. The Morgan fingerprint density at radius 1 is 1.29 bits per heavy atom. The van der Waals surface area contributed by atoms with Gasteiger partial charge in [0.1, 0.15) is 0 Å². The summed E-state index contributed by atoms with van der Waals surface area (Å²) in [6.45, 7) is 0.0746. The molecule has 2 rings (SSSR count). The van der Waals surface area contributed by atoms with Crippen LogP contribution in [-0.4, -0.2) is 50.1 Å². The van der Waals surface area contributed by atoms with Crippen molar-refractivity contribution in [1.82, 2.24) is 9.62 Å². The molecule has 2 N–H and O–H groups in total. The van der Waals surface area contributed by atoms with E-state index in [-0.39, 0.29) is 0 Å². The maximum atomic E-state index is 12.6. The second-order valence-corrected chi connectivity index (χ2v) is 7.23. The molecule has 1 heterocycles. The summed E-state index contributed by atoms with van der Waals surface area (Å²) >= 11 is 0. The van der Waals surface area contributed by atoms with Crippen molar-refractivity contribution in [2.45, 2.75) is 30.0 Å². The summed E-state index contributed by atoms with van der Waals surface area (Å²) in [6.07, 6.45) is -4.32. The molecule has 1 aromatic carbocycles. The highest BCUT2D eigenvalue weighted by atomic mass is 32.2. The van der Waals surface area contributed by atoms with Crippen molar-refractivity contribution < 1.29 is 31.5 Å². The first-order chi connectivity index (χ1) is 11.1. The van der Waals surface area contributed by atoms with Gasteiger partial charge in [-0.15, -0.1) is 0 Å². The summed E-state index contributed by atoms with van der Waals surface area (Å²) in [5.74, 6) is -0.488.